The van der Waals surface area contributed by atoms with Crippen molar-refractivity contribution in [3.05, 3.63) is 52.2 Å². The van der Waals surface area contributed by atoms with E-state index in [0.29, 0.717) is 19.6 Å². The Morgan fingerprint density at radius 3 is 2.67 bits per heavy atom. The number of rotatable bonds is 9. The summed E-state index contributed by atoms with van der Waals surface area (Å²) >= 11 is 1.33. The number of anilines is 1. The normalized spacial score (nSPS) is 16.3. The quantitative estimate of drug-likeness (QED) is 0.284. The molecule has 36 heavy (non-hydrogen) atoms. The van der Waals surface area contributed by atoms with Crippen LogP contribution < -0.4 is 10.5 Å². The van der Waals surface area contributed by atoms with Crippen LogP contribution in [0.3, 0.4) is 0 Å². The summed E-state index contributed by atoms with van der Waals surface area (Å²) in [6.45, 7) is 10.7. The van der Waals surface area contributed by atoms with Crippen LogP contribution in [-0.2, 0) is 27.2 Å². The number of nitrogens with zero attached hydrogens (tertiary/aromatic N) is 2. The molecule has 0 spiro atoms. The molecule has 3 N–H and O–H groups in total. The lowest BCUT2D eigenvalue weighted by Crippen LogP contribution is -2.52. The third-order valence-electron chi connectivity index (χ3n) is 6.65. The minimum atomic E-state index is -0.231. The Morgan fingerprint density at radius 2 is 2.00 bits per heavy atom. The van der Waals surface area contributed by atoms with Crippen molar-refractivity contribution < 1.29 is 14.3 Å². The zero-order valence-corrected chi connectivity index (χ0v) is 22.9. The SMILES string of the molecule is CCOC(=O)CCN1CC(CCCc2ccc3c(n2)NCCC3)C1=O.Cc1cc(C)c(SN)c(C)c1. The van der Waals surface area contributed by atoms with E-state index in [0.717, 1.165) is 50.3 Å². The molecule has 3 heterocycles. The zero-order valence-electron chi connectivity index (χ0n) is 22.1. The van der Waals surface area contributed by atoms with Gasteiger partial charge in [0, 0.05) is 30.2 Å². The van der Waals surface area contributed by atoms with E-state index in [9.17, 15) is 9.59 Å². The topological polar surface area (TPSA) is 97.5 Å². The number of nitrogens with two attached hydrogens (primary N) is 1. The molecule has 1 aromatic heterocycles. The third-order valence-corrected chi connectivity index (χ3v) is 7.53. The number of fused-ring (bicyclic) bond motifs is 1. The molecule has 1 unspecified atom stereocenters. The van der Waals surface area contributed by atoms with Gasteiger partial charge < -0.3 is 15.0 Å². The Labute approximate surface area is 219 Å². The van der Waals surface area contributed by atoms with Gasteiger partial charge in [-0.3, -0.25) is 14.7 Å². The van der Waals surface area contributed by atoms with Crippen molar-refractivity contribution in [1.82, 2.24) is 9.88 Å². The Kier molecular flexibility index (Phi) is 10.6. The fourth-order valence-electron chi connectivity index (χ4n) is 4.85. The Morgan fingerprint density at radius 1 is 1.25 bits per heavy atom. The number of pyridine rings is 1. The minimum Gasteiger partial charge on any atom is -0.466 e. The summed E-state index contributed by atoms with van der Waals surface area (Å²) in [5.41, 5.74) is 6.25. The molecule has 1 saturated heterocycles. The number of amides is 1. The van der Waals surface area contributed by atoms with Crippen LogP contribution in [0.1, 0.15) is 60.6 Å². The number of aromatic nitrogens is 1. The van der Waals surface area contributed by atoms with Crippen LogP contribution in [0.5, 0.6) is 0 Å². The van der Waals surface area contributed by atoms with E-state index in [1.54, 1.807) is 11.8 Å². The molecule has 0 bridgehead atoms. The minimum absolute atomic E-state index is 0.109. The second kappa shape index (κ2) is 13.7. The molecule has 7 nitrogen and oxygen atoms in total. The number of hydrogen-bond donors (Lipinski definition) is 2. The number of esters is 1. The van der Waals surface area contributed by atoms with Gasteiger partial charge in [-0.1, -0.05) is 23.8 Å². The first-order chi connectivity index (χ1) is 17.3. The van der Waals surface area contributed by atoms with E-state index < -0.39 is 0 Å². The number of ether oxygens (including phenoxy) is 1. The highest BCUT2D eigenvalue weighted by Gasteiger charge is 2.35. The number of aryl methyl sites for hydroxylation is 5. The van der Waals surface area contributed by atoms with Gasteiger partial charge in [0.2, 0.25) is 5.91 Å². The van der Waals surface area contributed by atoms with Gasteiger partial charge in [-0.15, -0.1) is 0 Å². The van der Waals surface area contributed by atoms with E-state index in [4.69, 9.17) is 14.9 Å². The lowest BCUT2D eigenvalue weighted by Gasteiger charge is -2.38. The molecule has 0 aliphatic carbocycles. The van der Waals surface area contributed by atoms with E-state index in [1.807, 2.05) is 0 Å². The number of β-lactam (4-membered cyclic amide) rings is 1. The summed E-state index contributed by atoms with van der Waals surface area (Å²) in [7, 11) is 0. The van der Waals surface area contributed by atoms with Gasteiger partial charge >= 0.3 is 5.97 Å². The first kappa shape index (κ1) is 28.0. The van der Waals surface area contributed by atoms with E-state index in [2.05, 4.69) is 50.4 Å². The Hall–Kier alpha value is -2.58. The van der Waals surface area contributed by atoms with Gasteiger partial charge in [0.15, 0.2) is 0 Å². The fourth-order valence-corrected chi connectivity index (χ4v) is 5.34. The van der Waals surface area contributed by atoms with Gasteiger partial charge in [0.1, 0.15) is 5.82 Å². The van der Waals surface area contributed by atoms with Crippen molar-refractivity contribution in [1.29, 1.82) is 0 Å². The highest BCUT2D eigenvalue weighted by atomic mass is 32.2. The predicted molar refractivity (Wildman–Crippen MR) is 146 cm³/mol. The van der Waals surface area contributed by atoms with Gasteiger partial charge in [0.25, 0.3) is 0 Å². The molecule has 2 aliphatic heterocycles. The summed E-state index contributed by atoms with van der Waals surface area (Å²) in [6.07, 6.45) is 5.33. The van der Waals surface area contributed by atoms with Crippen LogP contribution in [0.15, 0.2) is 29.2 Å². The molecule has 1 fully saturated rings. The summed E-state index contributed by atoms with van der Waals surface area (Å²) in [5.74, 6) is 1.08. The van der Waals surface area contributed by atoms with Crippen LogP contribution in [0.25, 0.3) is 0 Å². The molecule has 8 heteroatoms. The van der Waals surface area contributed by atoms with Crippen molar-refractivity contribution in [2.75, 3.05) is 31.6 Å². The number of hydrogen-bond acceptors (Lipinski definition) is 7. The number of benzene rings is 1. The zero-order chi connectivity index (χ0) is 26.1. The Bertz CT molecular complexity index is 1040. The average molecular weight is 513 g/mol. The molecule has 1 atom stereocenters. The average Bonchev–Trinajstić information content (AvgIpc) is 2.85. The standard InChI is InChI=1S/C19H27N3O3.C9H13NS/c1-2-25-17(23)10-12-22-13-15(19(22)24)5-3-7-16-9-8-14-6-4-11-20-18(14)21-16;1-6-4-7(2)9(11-10)8(3)5-6/h8-9,15H,2-7,10-13H2,1H3,(H,20,21);4-5H,10H2,1-3H3. The first-order valence-corrected chi connectivity index (χ1v) is 13.8. The molecular formula is C28H40N4O3S. The first-order valence-electron chi connectivity index (χ1n) is 12.9. The van der Waals surface area contributed by atoms with Gasteiger partial charge in [-0.25, -0.2) is 4.98 Å². The van der Waals surface area contributed by atoms with Crippen LogP contribution >= 0.6 is 11.9 Å². The van der Waals surface area contributed by atoms with Crippen LogP contribution in [0.2, 0.25) is 0 Å². The van der Waals surface area contributed by atoms with Crippen LogP contribution in [0.4, 0.5) is 5.82 Å². The molecular weight excluding hydrogens is 472 g/mol. The number of likely N-dealkylation sites (tertiary alicyclic amines) is 1. The monoisotopic (exact) mass is 512 g/mol. The maximum absolute atomic E-state index is 12.1. The van der Waals surface area contributed by atoms with E-state index in [1.165, 1.54) is 45.5 Å². The lowest BCUT2D eigenvalue weighted by molar-refractivity contribution is -0.150. The molecule has 2 aliphatic rings. The van der Waals surface area contributed by atoms with E-state index >= 15 is 0 Å². The number of carbonyl (C=O) groups is 2. The molecule has 4 rings (SSSR count). The summed E-state index contributed by atoms with van der Waals surface area (Å²) < 4.78 is 4.89. The van der Waals surface area contributed by atoms with Crippen molar-refractivity contribution in [3.63, 3.8) is 0 Å². The summed E-state index contributed by atoms with van der Waals surface area (Å²) in [5, 5.41) is 8.88. The summed E-state index contributed by atoms with van der Waals surface area (Å²) in [6, 6.07) is 8.60. The number of carbonyl (C=O) groups excluding carboxylic acids is 2. The number of nitrogens with one attached hydrogen (secondary N) is 1. The van der Waals surface area contributed by atoms with Gasteiger partial charge in [0.05, 0.1) is 18.9 Å². The predicted octanol–water partition coefficient (Wildman–Crippen LogP) is 4.75. The summed E-state index contributed by atoms with van der Waals surface area (Å²) in [4.78, 5) is 31.1. The van der Waals surface area contributed by atoms with Crippen LogP contribution in [0, 0.1) is 26.7 Å². The maximum Gasteiger partial charge on any atom is 0.307 e. The highest BCUT2D eigenvalue weighted by Crippen LogP contribution is 2.25. The largest absolute Gasteiger partial charge is 0.466 e. The maximum atomic E-state index is 12.1. The van der Waals surface area contributed by atoms with E-state index in [-0.39, 0.29) is 17.8 Å². The smallest absolute Gasteiger partial charge is 0.307 e. The second-order valence-electron chi connectivity index (χ2n) is 9.61. The fraction of sp³-hybridized carbons (Fsp3) is 0.536. The highest BCUT2D eigenvalue weighted by molar-refractivity contribution is 7.97. The third kappa shape index (κ3) is 7.71. The van der Waals surface area contributed by atoms with Crippen molar-refractivity contribution >= 4 is 29.6 Å². The van der Waals surface area contributed by atoms with Crippen molar-refractivity contribution in [2.24, 2.45) is 11.1 Å². The Balaban J connectivity index is 0.000000275. The molecule has 1 amide bonds. The van der Waals surface area contributed by atoms with Crippen molar-refractivity contribution in [3.8, 4) is 0 Å². The van der Waals surface area contributed by atoms with Crippen LogP contribution in [-0.4, -0.2) is 48.0 Å². The van der Waals surface area contributed by atoms with Gasteiger partial charge in [-0.2, -0.15) is 0 Å². The second-order valence-corrected chi connectivity index (χ2v) is 10.3. The molecule has 1 aromatic carbocycles. The van der Waals surface area contributed by atoms with Crippen molar-refractivity contribution in [2.45, 2.75) is 71.1 Å². The molecule has 0 saturated carbocycles. The molecule has 196 valence electrons. The molecule has 2 aromatic rings. The lowest BCUT2D eigenvalue weighted by atomic mass is 9.92. The van der Waals surface area contributed by atoms with Gasteiger partial charge in [-0.05, 0) is 94.5 Å². The molecule has 0 radical (unpaired) electrons.